The first kappa shape index (κ1) is 19.0. The van der Waals surface area contributed by atoms with Crippen LogP contribution in [0.2, 0.25) is 0 Å². The van der Waals surface area contributed by atoms with Crippen molar-refractivity contribution in [3.8, 4) is 11.5 Å². The highest BCUT2D eigenvalue weighted by Crippen LogP contribution is 2.25. The maximum Gasteiger partial charge on any atom is 0.317 e. The number of halogens is 3. The first-order valence-electron chi connectivity index (χ1n) is 7.79. The summed E-state index contributed by atoms with van der Waals surface area (Å²) in [6, 6.07) is 8.45. The van der Waals surface area contributed by atoms with Crippen molar-refractivity contribution < 1.29 is 27.1 Å². The molecular weight excluding hydrogens is 381 g/mol. The second-order valence-corrected chi connectivity index (χ2v) is 6.47. The molecule has 0 aliphatic heterocycles. The van der Waals surface area contributed by atoms with Gasteiger partial charge in [0.05, 0.1) is 5.75 Å². The van der Waals surface area contributed by atoms with Crippen LogP contribution in [0.25, 0.3) is 11.5 Å². The lowest BCUT2D eigenvalue weighted by molar-refractivity contribution is -0.146. The summed E-state index contributed by atoms with van der Waals surface area (Å²) in [4.78, 5) is 11.9. The summed E-state index contributed by atoms with van der Waals surface area (Å²) < 4.78 is 50.2. The summed E-state index contributed by atoms with van der Waals surface area (Å²) in [5, 5.41) is 7.64. The van der Waals surface area contributed by atoms with Gasteiger partial charge in [-0.15, -0.1) is 22.0 Å². The molecule has 1 heterocycles. The average molecular weight is 394 g/mol. The Bertz CT molecular complexity index is 947. The Hall–Kier alpha value is -2.81. The van der Waals surface area contributed by atoms with Gasteiger partial charge in [0.2, 0.25) is 5.89 Å². The number of carbonyl (C=O) groups is 1. The number of ether oxygens (including phenoxy) is 1. The average Bonchev–Trinajstić information content (AvgIpc) is 3.13. The van der Waals surface area contributed by atoms with E-state index in [0.29, 0.717) is 5.56 Å². The van der Waals surface area contributed by atoms with Crippen LogP contribution in [0.3, 0.4) is 0 Å². The van der Waals surface area contributed by atoms with Gasteiger partial charge in [-0.3, -0.25) is 4.79 Å². The third-order valence-electron chi connectivity index (χ3n) is 3.43. The fourth-order valence-corrected chi connectivity index (χ4v) is 2.86. The molecular formula is C18H13F3N2O3S. The molecule has 9 heteroatoms. The second-order valence-electron chi connectivity index (χ2n) is 5.45. The molecule has 0 fully saturated rings. The van der Waals surface area contributed by atoms with Crippen LogP contribution in [0.15, 0.2) is 51.8 Å². The van der Waals surface area contributed by atoms with E-state index in [0.717, 1.165) is 30.0 Å². The molecule has 0 radical (unpaired) electrons. The number of hydrogen-bond acceptors (Lipinski definition) is 6. The molecule has 0 aliphatic carbocycles. The number of benzene rings is 2. The SMILES string of the molecule is C[C@H](OC(=O)CSc1cc(F)ccc1F)c1nnc(-c2ccc(F)cc2)o1. The Kier molecular flexibility index (Phi) is 5.80. The molecule has 0 amide bonds. The first-order chi connectivity index (χ1) is 12.9. The van der Waals surface area contributed by atoms with Crippen LogP contribution < -0.4 is 0 Å². The van der Waals surface area contributed by atoms with E-state index in [4.69, 9.17) is 9.15 Å². The quantitative estimate of drug-likeness (QED) is 0.451. The van der Waals surface area contributed by atoms with Gasteiger partial charge in [-0.25, -0.2) is 13.2 Å². The second kappa shape index (κ2) is 8.26. The minimum atomic E-state index is -0.836. The number of rotatable bonds is 6. The van der Waals surface area contributed by atoms with E-state index in [2.05, 4.69) is 10.2 Å². The van der Waals surface area contributed by atoms with Gasteiger partial charge in [0, 0.05) is 10.5 Å². The minimum Gasteiger partial charge on any atom is -0.452 e. The fraction of sp³-hybridized carbons (Fsp3) is 0.167. The molecule has 0 saturated heterocycles. The molecule has 1 aromatic heterocycles. The van der Waals surface area contributed by atoms with E-state index in [1.54, 1.807) is 0 Å². The predicted octanol–water partition coefficient (Wildman–Crippen LogP) is 4.55. The number of aromatic nitrogens is 2. The summed E-state index contributed by atoms with van der Waals surface area (Å²) in [6.45, 7) is 1.54. The van der Waals surface area contributed by atoms with Gasteiger partial charge in [-0.2, -0.15) is 0 Å². The highest BCUT2D eigenvalue weighted by molar-refractivity contribution is 8.00. The van der Waals surface area contributed by atoms with Crippen molar-refractivity contribution >= 4 is 17.7 Å². The normalized spacial score (nSPS) is 12.0. The minimum absolute atomic E-state index is 0.0102. The lowest BCUT2D eigenvalue weighted by Gasteiger charge is -2.09. The van der Waals surface area contributed by atoms with Crippen molar-refractivity contribution in [1.82, 2.24) is 10.2 Å². The zero-order chi connectivity index (χ0) is 19.4. The van der Waals surface area contributed by atoms with Gasteiger partial charge in [0.25, 0.3) is 5.89 Å². The number of hydrogen-bond donors (Lipinski definition) is 0. The third kappa shape index (κ3) is 4.88. The fourth-order valence-electron chi connectivity index (χ4n) is 2.11. The highest BCUT2D eigenvalue weighted by atomic mass is 32.2. The van der Waals surface area contributed by atoms with Crippen molar-refractivity contribution in [1.29, 1.82) is 0 Å². The lowest BCUT2D eigenvalue weighted by Crippen LogP contribution is -2.11. The Labute approximate surface area is 156 Å². The van der Waals surface area contributed by atoms with Crippen LogP contribution in [0.5, 0.6) is 0 Å². The van der Waals surface area contributed by atoms with Crippen molar-refractivity contribution in [2.24, 2.45) is 0 Å². The van der Waals surface area contributed by atoms with E-state index in [-0.39, 0.29) is 22.4 Å². The monoisotopic (exact) mass is 394 g/mol. The maximum atomic E-state index is 13.5. The van der Waals surface area contributed by atoms with Gasteiger partial charge in [-0.1, -0.05) is 0 Å². The predicted molar refractivity (Wildman–Crippen MR) is 91.3 cm³/mol. The number of thioether (sulfide) groups is 1. The zero-order valence-electron chi connectivity index (χ0n) is 14.0. The summed E-state index contributed by atoms with van der Waals surface area (Å²) in [5.74, 6) is -2.27. The molecule has 3 aromatic rings. The topological polar surface area (TPSA) is 65.2 Å². The number of esters is 1. The van der Waals surface area contributed by atoms with Crippen molar-refractivity contribution in [3.63, 3.8) is 0 Å². The third-order valence-corrected chi connectivity index (χ3v) is 4.43. The molecule has 0 saturated carbocycles. The van der Waals surface area contributed by atoms with Crippen LogP contribution in [-0.4, -0.2) is 21.9 Å². The highest BCUT2D eigenvalue weighted by Gasteiger charge is 2.19. The molecule has 1 atom stereocenters. The largest absolute Gasteiger partial charge is 0.452 e. The smallest absolute Gasteiger partial charge is 0.317 e. The Morgan fingerprint density at radius 2 is 1.81 bits per heavy atom. The van der Waals surface area contributed by atoms with Gasteiger partial charge >= 0.3 is 5.97 Å². The van der Waals surface area contributed by atoms with Gasteiger partial charge in [0.1, 0.15) is 17.5 Å². The first-order valence-corrected chi connectivity index (χ1v) is 8.77. The molecule has 2 aromatic carbocycles. The van der Waals surface area contributed by atoms with Crippen molar-refractivity contribution in [2.45, 2.75) is 17.9 Å². The molecule has 0 spiro atoms. The zero-order valence-corrected chi connectivity index (χ0v) is 14.8. The van der Waals surface area contributed by atoms with Gasteiger partial charge in [-0.05, 0) is 49.4 Å². The molecule has 0 N–H and O–H groups in total. The molecule has 0 aliphatic rings. The number of carbonyl (C=O) groups excluding carboxylic acids is 1. The van der Waals surface area contributed by atoms with Crippen molar-refractivity contribution in [2.75, 3.05) is 5.75 Å². The number of nitrogens with zero attached hydrogens (tertiary/aromatic N) is 2. The summed E-state index contributed by atoms with van der Waals surface area (Å²) >= 11 is 0.818. The van der Waals surface area contributed by atoms with Gasteiger partial charge in [0.15, 0.2) is 6.10 Å². The van der Waals surface area contributed by atoms with Crippen LogP contribution >= 0.6 is 11.8 Å². The van der Waals surface area contributed by atoms with Crippen LogP contribution in [0.1, 0.15) is 18.9 Å². The Morgan fingerprint density at radius 3 is 2.56 bits per heavy atom. The standard InChI is InChI=1S/C18H13F3N2O3S/c1-10(17-22-23-18(26-17)11-2-4-12(19)5-3-11)25-16(24)9-27-15-8-13(20)6-7-14(15)21/h2-8,10H,9H2,1H3/t10-/m0/s1. The van der Waals surface area contributed by atoms with E-state index < -0.39 is 29.5 Å². The van der Waals surface area contributed by atoms with E-state index in [9.17, 15) is 18.0 Å². The summed E-state index contributed by atoms with van der Waals surface area (Å²) in [5.41, 5.74) is 0.519. The van der Waals surface area contributed by atoms with Crippen LogP contribution in [-0.2, 0) is 9.53 Å². The summed E-state index contributed by atoms with van der Waals surface area (Å²) in [6.07, 6.45) is -0.836. The molecule has 140 valence electrons. The van der Waals surface area contributed by atoms with E-state index in [1.807, 2.05) is 0 Å². The molecule has 27 heavy (non-hydrogen) atoms. The molecule has 0 unspecified atom stereocenters. The molecule has 5 nitrogen and oxygen atoms in total. The van der Waals surface area contributed by atoms with Crippen LogP contribution in [0, 0.1) is 17.5 Å². The van der Waals surface area contributed by atoms with Crippen LogP contribution in [0.4, 0.5) is 13.2 Å². The molecule has 3 rings (SSSR count). The molecule has 0 bridgehead atoms. The Morgan fingerprint density at radius 1 is 1.11 bits per heavy atom. The lowest BCUT2D eigenvalue weighted by atomic mass is 10.2. The maximum absolute atomic E-state index is 13.5. The van der Waals surface area contributed by atoms with E-state index in [1.165, 1.54) is 31.2 Å². The van der Waals surface area contributed by atoms with Gasteiger partial charge < -0.3 is 9.15 Å². The van der Waals surface area contributed by atoms with Crippen molar-refractivity contribution in [3.05, 3.63) is 65.8 Å². The van der Waals surface area contributed by atoms with E-state index >= 15 is 0 Å². The Balaban J connectivity index is 1.58. The summed E-state index contributed by atoms with van der Waals surface area (Å²) in [7, 11) is 0.